The van der Waals surface area contributed by atoms with Gasteiger partial charge in [-0.25, -0.2) is 0 Å². The SMILES string of the molecule is CCC(=O)[C@@H](CCCN=C(N)N)NC(=O)c1cc(CC(=O)[C@@H](CCCN=C(N)N)NC(=O)c2cc(CC(=O)[C@@H](CCCN=C(N)N)NC(=O)c3cc(CC(=O)[C@H](N)CCCN=C(N)N)ccc3OC)ccc2OC)ccc1OC. The number of carbonyl (C=O) groups excluding carboxylic acids is 7. The van der Waals surface area contributed by atoms with E-state index in [1.807, 2.05) is 0 Å². The van der Waals surface area contributed by atoms with E-state index in [2.05, 4.69) is 35.9 Å². The minimum atomic E-state index is -1.12. The lowest BCUT2D eigenvalue weighted by molar-refractivity contribution is -0.121. The predicted molar refractivity (Wildman–Crippen MR) is 302 cm³/mol. The second-order valence-corrected chi connectivity index (χ2v) is 18.3. The molecule has 3 amide bonds. The van der Waals surface area contributed by atoms with E-state index in [4.69, 9.17) is 65.8 Å². The van der Waals surface area contributed by atoms with Gasteiger partial charge in [-0.05, 0) is 104 Å². The highest BCUT2D eigenvalue weighted by atomic mass is 16.5. The van der Waals surface area contributed by atoms with Crippen molar-refractivity contribution < 1.29 is 47.8 Å². The van der Waals surface area contributed by atoms with Crippen molar-refractivity contribution in [3.63, 3.8) is 0 Å². The van der Waals surface area contributed by atoms with Crippen LogP contribution in [-0.4, -0.2) is 136 Å². The fraction of sp³-hybridized carbons (Fsp3) is 0.453. The average molecular weight is 1100 g/mol. The Bertz CT molecular complexity index is 2710. The lowest BCUT2D eigenvalue weighted by Crippen LogP contribution is -2.42. The molecule has 0 radical (unpaired) electrons. The fourth-order valence-electron chi connectivity index (χ4n) is 8.20. The molecule has 4 atom stereocenters. The van der Waals surface area contributed by atoms with Crippen molar-refractivity contribution in [3.05, 3.63) is 88.0 Å². The van der Waals surface area contributed by atoms with Gasteiger partial charge < -0.3 is 81.8 Å². The molecule has 430 valence electrons. The normalized spacial score (nSPS) is 12.2. The van der Waals surface area contributed by atoms with Gasteiger partial charge in [-0.3, -0.25) is 53.5 Å². The Labute approximate surface area is 459 Å². The van der Waals surface area contributed by atoms with Gasteiger partial charge >= 0.3 is 0 Å². The number of ether oxygens (including phenoxy) is 3. The number of hydrogen-bond acceptors (Lipinski definition) is 15. The maximum atomic E-state index is 14.3. The summed E-state index contributed by atoms with van der Waals surface area (Å²) in [7, 11) is 4.11. The number of Topliss-reactive ketones (excluding diaryl/α,β-unsaturated/α-hetero) is 4. The zero-order valence-corrected chi connectivity index (χ0v) is 45.4. The van der Waals surface area contributed by atoms with Crippen molar-refractivity contribution in [2.45, 2.75) is 108 Å². The number of nitrogens with zero attached hydrogens (tertiary/aromatic N) is 4. The molecule has 0 aromatic heterocycles. The molecule has 0 aliphatic heterocycles. The molecule has 0 aliphatic rings. The number of ketones is 4. The van der Waals surface area contributed by atoms with Crippen LogP contribution >= 0.6 is 0 Å². The van der Waals surface area contributed by atoms with Gasteiger partial charge in [-0.15, -0.1) is 0 Å². The number of benzene rings is 3. The summed E-state index contributed by atoms with van der Waals surface area (Å²) < 4.78 is 16.5. The maximum absolute atomic E-state index is 14.3. The summed E-state index contributed by atoms with van der Waals surface area (Å²) in [6.45, 7) is 2.53. The third-order valence-electron chi connectivity index (χ3n) is 12.3. The third-order valence-corrected chi connectivity index (χ3v) is 12.3. The van der Waals surface area contributed by atoms with Crippen LogP contribution < -0.4 is 81.8 Å². The van der Waals surface area contributed by atoms with Gasteiger partial charge in [0, 0.05) is 51.9 Å². The summed E-state index contributed by atoms with van der Waals surface area (Å²) in [5, 5.41) is 8.41. The van der Waals surface area contributed by atoms with E-state index in [0.717, 1.165) is 0 Å². The molecule has 3 aromatic rings. The summed E-state index contributed by atoms with van der Waals surface area (Å²) >= 11 is 0. The van der Waals surface area contributed by atoms with Crippen LogP contribution in [0.5, 0.6) is 17.2 Å². The minimum absolute atomic E-state index is 0.00868. The Hall–Kier alpha value is -8.81. The van der Waals surface area contributed by atoms with Gasteiger partial charge in [-0.1, -0.05) is 25.1 Å². The van der Waals surface area contributed by atoms with Crippen molar-refractivity contribution in [1.29, 1.82) is 0 Å². The molecule has 0 saturated heterocycles. The highest BCUT2D eigenvalue weighted by Gasteiger charge is 2.28. The lowest BCUT2D eigenvalue weighted by atomic mass is 9.96. The maximum Gasteiger partial charge on any atom is 0.255 e. The van der Waals surface area contributed by atoms with Crippen LogP contribution in [0.2, 0.25) is 0 Å². The molecule has 26 nitrogen and oxygen atoms in total. The Morgan fingerprint density at radius 1 is 0.430 bits per heavy atom. The van der Waals surface area contributed by atoms with Gasteiger partial charge in [0.15, 0.2) is 47.0 Å². The van der Waals surface area contributed by atoms with E-state index in [-0.39, 0.29) is 147 Å². The molecule has 0 heterocycles. The standard InChI is InChI=1S/C53H78N16O10/c1-5-40(70)37(11-7-21-64-51(57)58)67-47(74)34-25-31(15-18-45(34)78-3)28-42(72)39(13-9-23-66-53(61)62)69-49(76)35-26-32(16-19-46(35)79-4)29-43(73)38(12-8-22-65-52(59)60)68-48(75)33-24-30(14-17-44(33)77-2)27-41(71)36(54)10-6-20-63-50(55)56/h14-19,24-26,36-39H,5-13,20-23,27-29,54H2,1-4H3,(H,67,74)(H,68,75)(H,69,76)(H4,55,56,63)(H4,57,58,64)(H4,59,60,65)(H4,61,62,66)/t36-,37-,38-,39-/m1/s1. The Kier molecular flexibility index (Phi) is 27.2. The first-order valence-corrected chi connectivity index (χ1v) is 25.6. The number of carbonyl (C=O) groups is 7. The van der Waals surface area contributed by atoms with Crippen molar-refractivity contribution >= 4 is 64.7 Å². The molecule has 0 fully saturated rings. The van der Waals surface area contributed by atoms with Crippen molar-refractivity contribution in [2.24, 2.45) is 71.6 Å². The fourth-order valence-corrected chi connectivity index (χ4v) is 8.20. The van der Waals surface area contributed by atoms with E-state index in [0.29, 0.717) is 42.5 Å². The smallest absolute Gasteiger partial charge is 0.255 e. The monoisotopic (exact) mass is 1100 g/mol. The number of methoxy groups -OCH3 is 3. The number of guanidine groups is 4. The zero-order chi connectivity index (χ0) is 58.6. The Morgan fingerprint density at radius 2 is 0.709 bits per heavy atom. The number of aliphatic imine (C=N–C) groups is 4. The second kappa shape index (κ2) is 33.4. The molecule has 0 aliphatic carbocycles. The molecule has 26 heteroatoms. The predicted octanol–water partition coefficient (Wildman–Crippen LogP) is -0.736. The first-order chi connectivity index (χ1) is 37.6. The van der Waals surface area contributed by atoms with Crippen LogP contribution in [-0.2, 0) is 38.4 Å². The zero-order valence-electron chi connectivity index (χ0n) is 45.4. The molecule has 0 spiro atoms. The van der Waals surface area contributed by atoms with Gasteiger partial charge in [0.1, 0.15) is 17.2 Å². The first-order valence-electron chi connectivity index (χ1n) is 25.6. The lowest BCUT2D eigenvalue weighted by Gasteiger charge is -2.21. The second-order valence-electron chi connectivity index (χ2n) is 18.3. The number of nitrogens with one attached hydrogen (secondary N) is 3. The summed E-state index contributed by atoms with van der Waals surface area (Å²) in [4.78, 5) is 112. The van der Waals surface area contributed by atoms with Crippen LogP contribution in [0.3, 0.4) is 0 Å². The third kappa shape index (κ3) is 22.4. The van der Waals surface area contributed by atoms with Crippen molar-refractivity contribution in [2.75, 3.05) is 47.5 Å². The van der Waals surface area contributed by atoms with E-state index in [1.54, 1.807) is 25.1 Å². The summed E-state index contributed by atoms with van der Waals surface area (Å²) in [5.74, 6) is -3.34. The van der Waals surface area contributed by atoms with Gasteiger partial charge in [0.25, 0.3) is 17.7 Å². The van der Waals surface area contributed by atoms with Crippen LogP contribution in [0.15, 0.2) is 74.6 Å². The molecule has 0 unspecified atom stereocenters. The first kappa shape index (κ1) is 64.5. The highest BCUT2D eigenvalue weighted by molar-refractivity contribution is 6.03. The summed E-state index contributed by atoms with van der Waals surface area (Å²) in [6.07, 6.45) is 1.79. The van der Waals surface area contributed by atoms with Crippen LogP contribution in [0.1, 0.15) is 112 Å². The number of hydrogen-bond donors (Lipinski definition) is 12. The minimum Gasteiger partial charge on any atom is -0.496 e. The molecular formula is C53H78N16O10. The van der Waals surface area contributed by atoms with Gasteiger partial charge in [-0.2, -0.15) is 0 Å². The van der Waals surface area contributed by atoms with Crippen LogP contribution in [0, 0.1) is 0 Å². The molecular weight excluding hydrogens is 1020 g/mol. The average Bonchev–Trinajstić information content (AvgIpc) is 3.42. The number of rotatable bonds is 36. The molecule has 21 N–H and O–H groups in total. The van der Waals surface area contributed by atoms with Crippen LogP contribution in [0.4, 0.5) is 0 Å². The quantitative estimate of drug-likeness (QED) is 0.0194. The van der Waals surface area contributed by atoms with Crippen molar-refractivity contribution in [3.8, 4) is 17.2 Å². The van der Waals surface area contributed by atoms with E-state index >= 15 is 0 Å². The number of amides is 3. The molecule has 3 rings (SSSR count). The molecule has 79 heavy (non-hydrogen) atoms. The Morgan fingerprint density at radius 3 is 0.987 bits per heavy atom. The van der Waals surface area contributed by atoms with Gasteiger partial charge in [0.05, 0.1) is 62.2 Å². The molecule has 0 saturated carbocycles. The molecule has 3 aromatic carbocycles. The van der Waals surface area contributed by atoms with Crippen molar-refractivity contribution in [1.82, 2.24) is 16.0 Å². The van der Waals surface area contributed by atoms with E-state index in [1.165, 1.54) is 57.7 Å². The summed E-state index contributed by atoms with van der Waals surface area (Å²) in [5.41, 5.74) is 51.3. The largest absolute Gasteiger partial charge is 0.496 e. The molecule has 0 bridgehead atoms. The van der Waals surface area contributed by atoms with E-state index < -0.39 is 53.5 Å². The van der Waals surface area contributed by atoms with Gasteiger partial charge in [0.2, 0.25) is 0 Å². The highest BCUT2D eigenvalue weighted by Crippen LogP contribution is 2.25. The van der Waals surface area contributed by atoms with Crippen LogP contribution in [0.25, 0.3) is 0 Å². The number of nitrogens with two attached hydrogens (primary N) is 9. The summed E-state index contributed by atoms with van der Waals surface area (Å²) in [6, 6.07) is 9.93. The Balaban J connectivity index is 1.91. The van der Waals surface area contributed by atoms with E-state index in [9.17, 15) is 33.6 Å². The topological polar surface area (TPSA) is 467 Å².